The summed E-state index contributed by atoms with van der Waals surface area (Å²) in [5, 5.41) is 16.9. The number of hydrogen-bond acceptors (Lipinski definition) is 6. The van der Waals surface area contributed by atoms with Crippen molar-refractivity contribution in [1.29, 1.82) is 0 Å². The van der Waals surface area contributed by atoms with Gasteiger partial charge >= 0.3 is 6.09 Å². The number of benzene rings is 1. The fraction of sp³-hybridized carbons (Fsp3) is 0.677. The topological polar surface area (TPSA) is 134 Å². The second-order valence-electron chi connectivity index (χ2n) is 9.97. The third-order valence-electron chi connectivity index (χ3n) is 4.23. The molecule has 0 spiro atoms. The fourth-order valence-electron chi connectivity index (χ4n) is 1.99. The molecule has 40 heavy (non-hydrogen) atoms. The van der Waals surface area contributed by atoms with Crippen molar-refractivity contribution < 1.29 is 29.0 Å². The average molecular weight is 570 g/mol. The summed E-state index contributed by atoms with van der Waals surface area (Å²) in [7, 11) is 0. The van der Waals surface area contributed by atoms with Crippen LogP contribution in [0.15, 0.2) is 36.4 Å². The van der Waals surface area contributed by atoms with Gasteiger partial charge in [-0.1, -0.05) is 105 Å². The van der Waals surface area contributed by atoms with Crippen LogP contribution in [-0.2, 0) is 19.1 Å². The van der Waals surface area contributed by atoms with Crippen molar-refractivity contribution in [2.75, 3.05) is 13.1 Å². The van der Waals surface area contributed by atoms with Crippen LogP contribution in [0.4, 0.5) is 4.79 Å². The lowest BCUT2D eigenvalue weighted by molar-refractivity contribution is -0.133. The van der Waals surface area contributed by atoms with Crippen molar-refractivity contribution in [1.82, 2.24) is 16.0 Å². The highest BCUT2D eigenvalue weighted by Gasteiger charge is 2.28. The van der Waals surface area contributed by atoms with Crippen LogP contribution in [0.2, 0.25) is 0 Å². The Kier molecular flexibility index (Phi) is 32.0. The van der Waals surface area contributed by atoms with E-state index in [4.69, 9.17) is 4.74 Å². The second-order valence-corrected chi connectivity index (χ2v) is 9.97. The van der Waals surface area contributed by atoms with Gasteiger partial charge in [-0.2, -0.15) is 0 Å². The smallest absolute Gasteiger partial charge is 0.407 e. The number of ether oxygens (including phenoxy) is 1. The Hall–Kier alpha value is -2.94. The van der Waals surface area contributed by atoms with Crippen molar-refractivity contribution in [3.8, 4) is 0 Å². The van der Waals surface area contributed by atoms with Gasteiger partial charge in [-0.3, -0.25) is 14.4 Å². The van der Waals surface area contributed by atoms with E-state index in [0.717, 1.165) is 5.92 Å². The maximum atomic E-state index is 11.9. The van der Waals surface area contributed by atoms with E-state index in [1.165, 1.54) is 19.8 Å². The summed E-state index contributed by atoms with van der Waals surface area (Å²) in [6.45, 7) is 22.4. The highest BCUT2D eigenvalue weighted by atomic mass is 16.6. The first-order chi connectivity index (χ1) is 18.6. The Morgan fingerprint density at radius 1 is 0.800 bits per heavy atom. The van der Waals surface area contributed by atoms with Gasteiger partial charge in [-0.05, 0) is 40.0 Å². The maximum Gasteiger partial charge on any atom is 0.407 e. The van der Waals surface area contributed by atoms with Crippen molar-refractivity contribution in [2.24, 2.45) is 5.92 Å². The van der Waals surface area contributed by atoms with E-state index in [2.05, 4.69) is 50.6 Å². The zero-order valence-electron chi connectivity index (χ0n) is 27.2. The predicted octanol–water partition coefficient (Wildman–Crippen LogP) is 5.65. The summed E-state index contributed by atoms with van der Waals surface area (Å²) in [5.74, 6) is -0.702. The van der Waals surface area contributed by atoms with Gasteiger partial charge in [-0.15, -0.1) is 0 Å². The Morgan fingerprint density at radius 3 is 1.50 bits per heavy atom. The van der Waals surface area contributed by atoms with Crippen molar-refractivity contribution in [3.63, 3.8) is 0 Å². The third kappa shape index (κ3) is 35.1. The van der Waals surface area contributed by atoms with E-state index in [0.29, 0.717) is 0 Å². The number of ketones is 1. The van der Waals surface area contributed by atoms with E-state index in [-0.39, 0.29) is 25.3 Å². The first-order valence-electron chi connectivity index (χ1n) is 14.4. The Bertz CT molecular complexity index is 722. The van der Waals surface area contributed by atoms with E-state index in [1.807, 2.05) is 50.2 Å². The number of carbonyl (C=O) groups is 4. The molecular weight excluding hydrogens is 510 g/mol. The molecule has 0 aliphatic rings. The van der Waals surface area contributed by atoms with Gasteiger partial charge in [0.05, 0.1) is 19.1 Å². The zero-order valence-corrected chi connectivity index (χ0v) is 27.2. The van der Waals surface area contributed by atoms with Crippen molar-refractivity contribution in [2.45, 2.75) is 120 Å². The highest BCUT2D eigenvalue weighted by molar-refractivity contribution is 5.89. The lowest BCUT2D eigenvalue weighted by atomic mass is 10.1. The monoisotopic (exact) mass is 569 g/mol. The van der Waals surface area contributed by atoms with Crippen LogP contribution in [-0.4, -0.2) is 59.6 Å². The Labute approximate surface area is 244 Å². The molecule has 0 aliphatic heterocycles. The summed E-state index contributed by atoms with van der Waals surface area (Å²) in [4.78, 5) is 45.7. The van der Waals surface area contributed by atoms with Gasteiger partial charge < -0.3 is 25.8 Å². The molecule has 0 aliphatic carbocycles. The first kappa shape index (κ1) is 44.1. The fourth-order valence-corrected chi connectivity index (χ4v) is 1.99. The number of carbonyl (C=O) groups excluding carboxylic acids is 4. The third-order valence-corrected chi connectivity index (χ3v) is 4.23. The normalized spacial score (nSPS) is 11.1. The molecule has 9 nitrogen and oxygen atoms in total. The van der Waals surface area contributed by atoms with E-state index >= 15 is 0 Å². The largest absolute Gasteiger partial charge is 0.444 e. The van der Waals surface area contributed by atoms with Gasteiger partial charge in [-0.25, -0.2) is 4.79 Å². The van der Waals surface area contributed by atoms with Gasteiger partial charge in [0.2, 0.25) is 5.91 Å². The van der Waals surface area contributed by atoms with Gasteiger partial charge in [0.1, 0.15) is 11.4 Å². The minimum Gasteiger partial charge on any atom is -0.444 e. The summed E-state index contributed by atoms with van der Waals surface area (Å²) in [6.07, 6.45) is 0.549. The first-order valence-corrected chi connectivity index (χ1v) is 14.4. The van der Waals surface area contributed by atoms with Gasteiger partial charge in [0, 0.05) is 0 Å². The van der Waals surface area contributed by atoms with Crippen LogP contribution < -0.4 is 16.0 Å². The molecule has 4 N–H and O–H groups in total. The molecule has 2 atom stereocenters. The minimum absolute atomic E-state index is 0.130. The van der Waals surface area contributed by atoms with E-state index < -0.39 is 35.7 Å². The van der Waals surface area contributed by atoms with Crippen LogP contribution >= 0.6 is 0 Å². The van der Waals surface area contributed by atoms with Gasteiger partial charge in [0.15, 0.2) is 6.10 Å². The lowest BCUT2D eigenvalue weighted by Gasteiger charge is -2.25. The quantitative estimate of drug-likeness (QED) is 0.303. The maximum absolute atomic E-state index is 11.9. The molecule has 1 aromatic carbocycles. The molecule has 0 saturated carbocycles. The molecule has 1 aromatic rings. The Morgan fingerprint density at radius 2 is 1.20 bits per heavy atom. The number of nitrogens with one attached hydrogen (secondary N) is 3. The summed E-state index contributed by atoms with van der Waals surface area (Å²) >= 11 is 0. The number of alkyl carbamates (subject to hydrolysis) is 1. The zero-order chi connectivity index (χ0) is 32.1. The molecule has 234 valence electrons. The standard InChI is InChI=1S/C15H27N3O6.C6H6.C5H12.C3H8.C2H6/c1-6-10(18-14(23)24-15(3,4)5)12(21)13(22)17-8-11(20)16-7-9(2)19;1-2-4-6-5-3-1;1-4-5(2)3;1-3-2;1-2/h10,12,21H,6-8H2,1-5H3,(H,16,20)(H,17,22)(H,18,23);1-6H;5H,4H2,1-3H3;3H2,1-2H3;1-2H3. The van der Waals surface area contributed by atoms with E-state index in [1.54, 1.807) is 27.7 Å². The molecule has 9 heteroatoms. The average Bonchev–Trinajstić information content (AvgIpc) is 2.91. The molecule has 0 heterocycles. The van der Waals surface area contributed by atoms with Gasteiger partial charge in [0.25, 0.3) is 5.91 Å². The van der Waals surface area contributed by atoms with Crippen LogP contribution in [0, 0.1) is 5.92 Å². The molecule has 0 fully saturated rings. The number of aliphatic hydroxyl groups excluding tert-OH is 1. The number of Topliss-reactive ketones (excluding diaryl/α,β-unsaturated/α-hetero) is 1. The minimum atomic E-state index is -1.54. The van der Waals surface area contributed by atoms with Crippen LogP contribution in [0.1, 0.15) is 102 Å². The molecule has 0 aromatic heterocycles. The molecule has 2 unspecified atom stereocenters. The summed E-state index contributed by atoms with van der Waals surface area (Å²) in [6, 6.07) is 11.1. The summed E-state index contributed by atoms with van der Waals surface area (Å²) in [5.41, 5.74) is -0.704. The number of hydrogen-bond donors (Lipinski definition) is 4. The molecule has 3 amide bonds. The van der Waals surface area contributed by atoms with Crippen molar-refractivity contribution >= 4 is 23.7 Å². The molecule has 0 bridgehead atoms. The van der Waals surface area contributed by atoms with Crippen LogP contribution in [0.5, 0.6) is 0 Å². The number of amides is 3. The SMILES string of the molecule is CC.CCC.CCC(C)C.CCC(NC(=O)OC(C)(C)C)C(O)C(=O)NCC(=O)NCC(C)=O.c1ccccc1. The number of rotatable bonds is 9. The van der Waals surface area contributed by atoms with Crippen molar-refractivity contribution in [3.05, 3.63) is 36.4 Å². The van der Waals surface area contributed by atoms with E-state index in [9.17, 15) is 24.3 Å². The number of aliphatic hydroxyl groups is 1. The van der Waals surface area contributed by atoms with Crippen LogP contribution in [0.25, 0.3) is 0 Å². The highest BCUT2D eigenvalue weighted by Crippen LogP contribution is 2.08. The molecule has 0 radical (unpaired) electrons. The van der Waals surface area contributed by atoms with Crippen LogP contribution in [0.3, 0.4) is 0 Å². The molecular formula is C31H59N3O6. The lowest BCUT2D eigenvalue weighted by Crippen LogP contribution is -2.52. The molecule has 1 rings (SSSR count). The second kappa shape index (κ2) is 29.1. The predicted molar refractivity (Wildman–Crippen MR) is 165 cm³/mol. The Balaban J connectivity index is -0.000000326. The molecule has 0 saturated heterocycles. The summed E-state index contributed by atoms with van der Waals surface area (Å²) < 4.78 is 5.06.